The molecule has 1 N–H and O–H groups in total. The van der Waals surface area contributed by atoms with Gasteiger partial charge in [0, 0.05) is 64.9 Å². The highest BCUT2D eigenvalue weighted by Gasteiger charge is 2.29. The van der Waals surface area contributed by atoms with Crippen LogP contribution in [0.25, 0.3) is 0 Å². The molecule has 2 saturated heterocycles. The lowest BCUT2D eigenvalue weighted by Gasteiger charge is -2.38. The van der Waals surface area contributed by atoms with Crippen LogP contribution in [-0.2, 0) is 16.1 Å². The van der Waals surface area contributed by atoms with Crippen LogP contribution >= 0.6 is 0 Å². The molecule has 2 heterocycles. The second-order valence-electron chi connectivity index (χ2n) is 9.10. The molecule has 2 fully saturated rings. The Kier molecular flexibility index (Phi) is 9.51. The molecule has 0 aromatic heterocycles. The van der Waals surface area contributed by atoms with Crippen molar-refractivity contribution in [3.05, 3.63) is 35.9 Å². The molecule has 0 aliphatic carbocycles. The second-order valence-corrected chi connectivity index (χ2v) is 9.10. The molecule has 0 spiro atoms. The van der Waals surface area contributed by atoms with Crippen molar-refractivity contribution in [3.63, 3.8) is 0 Å². The van der Waals surface area contributed by atoms with Gasteiger partial charge in [0.1, 0.15) is 0 Å². The van der Waals surface area contributed by atoms with E-state index in [0.29, 0.717) is 6.54 Å². The lowest BCUT2D eigenvalue weighted by Crippen LogP contribution is -2.56. The zero-order valence-electron chi connectivity index (χ0n) is 20.1. The molecule has 0 bridgehead atoms. The van der Waals surface area contributed by atoms with Gasteiger partial charge in [0.25, 0.3) is 0 Å². The number of likely N-dealkylation sites (tertiary alicyclic amines) is 1. The van der Waals surface area contributed by atoms with E-state index in [0.717, 1.165) is 71.7 Å². The number of hydrogen-bond acceptors (Lipinski definition) is 5. The number of likely N-dealkylation sites (N-methyl/N-ethyl adjacent to an activating group) is 1. The van der Waals surface area contributed by atoms with Crippen molar-refractivity contribution >= 4 is 11.8 Å². The first-order valence-corrected chi connectivity index (χ1v) is 12.3. The number of piperazine rings is 1. The fourth-order valence-electron chi connectivity index (χ4n) is 4.74. The first-order chi connectivity index (χ1) is 15.5. The maximum Gasteiger partial charge on any atom is 0.237 e. The average Bonchev–Trinajstić information content (AvgIpc) is 2.82. The summed E-state index contributed by atoms with van der Waals surface area (Å²) in [4.78, 5) is 34.0. The summed E-state index contributed by atoms with van der Waals surface area (Å²) in [6.45, 7) is 14.4. The summed E-state index contributed by atoms with van der Waals surface area (Å²) in [5.74, 6) is 0.340. The number of nitrogens with one attached hydrogen (secondary N) is 1. The van der Waals surface area contributed by atoms with E-state index in [2.05, 4.69) is 50.3 Å². The number of hydrogen-bond donors (Lipinski definition) is 1. The van der Waals surface area contributed by atoms with Gasteiger partial charge in [0.05, 0.1) is 12.6 Å². The number of piperidine rings is 1. The third-order valence-electron chi connectivity index (χ3n) is 6.99. The molecule has 3 rings (SSSR count). The molecule has 2 aliphatic rings. The van der Waals surface area contributed by atoms with Gasteiger partial charge in [-0.25, -0.2) is 0 Å². The van der Waals surface area contributed by atoms with Crippen molar-refractivity contribution < 1.29 is 9.59 Å². The van der Waals surface area contributed by atoms with Crippen LogP contribution in [0.1, 0.15) is 39.2 Å². The van der Waals surface area contributed by atoms with Gasteiger partial charge in [0.2, 0.25) is 11.8 Å². The van der Waals surface area contributed by atoms with E-state index >= 15 is 0 Å². The van der Waals surface area contributed by atoms with Crippen molar-refractivity contribution in [2.24, 2.45) is 0 Å². The van der Waals surface area contributed by atoms with Crippen molar-refractivity contribution in [3.8, 4) is 0 Å². The molecule has 7 heteroatoms. The Morgan fingerprint density at radius 2 is 1.59 bits per heavy atom. The third-order valence-corrected chi connectivity index (χ3v) is 6.99. The average molecular weight is 444 g/mol. The number of nitrogens with zero attached hydrogens (tertiary/aromatic N) is 4. The molecule has 2 aliphatic heterocycles. The predicted molar refractivity (Wildman–Crippen MR) is 128 cm³/mol. The fraction of sp³-hybridized carbons (Fsp3) is 0.680. The second kappa shape index (κ2) is 12.3. The number of carbonyl (C=O) groups excluding carboxylic acids is 2. The molecular formula is C25H41N5O2. The predicted octanol–water partition coefficient (Wildman–Crippen LogP) is 1.64. The monoisotopic (exact) mass is 443 g/mol. The summed E-state index contributed by atoms with van der Waals surface area (Å²) in [6, 6.07) is 10.7. The molecule has 1 unspecified atom stereocenters. The van der Waals surface area contributed by atoms with Gasteiger partial charge in [-0.1, -0.05) is 30.3 Å². The molecular weight excluding hydrogens is 402 g/mol. The first kappa shape index (κ1) is 24.7. The SMILES string of the molecule is CCN(CC)C(=O)CN1CCN(C(C)C(=O)NC2CCN(Cc3ccccc3)CC2)CC1. The summed E-state index contributed by atoms with van der Waals surface area (Å²) in [5.41, 5.74) is 1.35. The molecule has 0 saturated carbocycles. The van der Waals surface area contributed by atoms with Gasteiger partial charge >= 0.3 is 0 Å². The van der Waals surface area contributed by atoms with Crippen LogP contribution in [-0.4, -0.2) is 102 Å². The highest BCUT2D eigenvalue weighted by Crippen LogP contribution is 2.15. The summed E-state index contributed by atoms with van der Waals surface area (Å²) in [6.07, 6.45) is 2.01. The van der Waals surface area contributed by atoms with Crippen LogP contribution in [0, 0.1) is 0 Å². The van der Waals surface area contributed by atoms with Crippen molar-refractivity contribution in [1.29, 1.82) is 0 Å². The van der Waals surface area contributed by atoms with Crippen LogP contribution in [0.2, 0.25) is 0 Å². The van der Waals surface area contributed by atoms with Crippen LogP contribution < -0.4 is 5.32 Å². The van der Waals surface area contributed by atoms with E-state index in [1.165, 1.54) is 5.56 Å². The molecule has 32 heavy (non-hydrogen) atoms. The van der Waals surface area contributed by atoms with Gasteiger partial charge in [0.15, 0.2) is 0 Å². The van der Waals surface area contributed by atoms with Gasteiger partial charge in [-0.15, -0.1) is 0 Å². The van der Waals surface area contributed by atoms with E-state index in [-0.39, 0.29) is 23.9 Å². The van der Waals surface area contributed by atoms with Gasteiger partial charge in [-0.2, -0.15) is 0 Å². The number of amides is 2. The fourth-order valence-corrected chi connectivity index (χ4v) is 4.74. The van der Waals surface area contributed by atoms with Crippen LogP contribution in [0.5, 0.6) is 0 Å². The minimum atomic E-state index is -0.127. The smallest absolute Gasteiger partial charge is 0.237 e. The number of carbonyl (C=O) groups is 2. The quantitative estimate of drug-likeness (QED) is 0.629. The summed E-state index contributed by atoms with van der Waals surface area (Å²) in [5, 5.41) is 3.29. The van der Waals surface area contributed by atoms with Gasteiger partial charge in [-0.3, -0.25) is 24.3 Å². The van der Waals surface area contributed by atoms with Crippen LogP contribution in [0.4, 0.5) is 0 Å². The maximum absolute atomic E-state index is 12.9. The van der Waals surface area contributed by atoms with E-state index < -0.39 is 0 Å². The zero-order valence-corrected chi connectivity index (χ0v) is 20.1. The molecule has 1 aromatic rings. The minimum absolute atomic E-state index is 0.127. The van der Waals surface area contributed by atoms with Crippen LogP contribution in [0.3, 0.4) is 0 Å². The lowest BCUT2D eigenvalue weighted by atomic mass is 10.0. The topological polar surface area (TPSA) is 59.1 Å². The molecule has 2 amide bonds. The van der Waals surface area contributed by atoms with E-state index in [1.54, 1.807) is 0 Å². The lowest BCUT2D eigenvalue weighted by molar-refractivity contribution is -0.133. The van der Waals surface area contributed by atoms with Gasteiger partial charge in [-0.05, 0) is 39.2 Å². The Morgan fingerprint density at radius 1 is 0.969 bits per heavy atom. The summed E-state index contributed by atoms with van der Waals surface area (Å²) >= 11 is 0. The summed E-state index contributed by atoms with van der Waals surface area (Å²) in [7, 11) is 0. The molecule has 7 nitrogen and oxygen atoms in total. The van der Waals surface area contributed by atoms with Gasteiger partial charge < -0.3 is 10.2 Å². The minimum Gasteiger partial charge on any atom is -0.352 e. The molecule has 0 radical (unpaired) electrons. The van der Waals surface area contributed by atoms with E-state index in [9.17, 15) is 9.59 Å². The first-order valence-electron chi connectivity index (χ1n) is 12.3. The normalized spacial score (nSPS) is 20.1. The molecule has 1 aromatic carbocycles. The number of benzene rings is 1. The van der Waals surface area contributed by atoms with Crippen molar-refractivity contribution in [2.45, 2.75) is 52.2 Å². The Bertz CT molecular complexity index is 708. The highest BCUT2D eigenvalue weighted by atomic mass is 16.2. The van der Waals surface area contributed by atoms with Crippen molar-refractivity contribution in [1.82, 2.24) is 24.9 Å². The zero-order chi connectivity index (χ0) is 22.9. The van der Waals surface area contributed by atoms with Crippen molar-refractivity contribution in [2.75, 3.05) is 58.9 Å². The Morgan fingerprint density at radius 3 is 2.19 bits per heavy atom. The Hall–Kier alpha value is -1.96. The number of rotatable bonds is 9. The maximum atomic E-state index is 12.9. The Balaban J connectivity index is 1.36. The molecule has 178 valence electrons. The Labute approximate surface area is 193 Å². The summed E-state index contributed by atoms with van der Waals surface area (Å²) < 4.78 is 0. The standard InChI is InChI=1S/C25H41N5O2/c1-4-29(5-2)24(31)20-28-15-17-30(18-16-28)21(3)25(32)26-23-11-13-27(14-12-23)19-22-9-7-6-8-10-22/h6-10,21,23H,4-5,11-20H2,1-3H3,(H,26,32). The van der Waals surface area contributed by atoms with E-state index in [4.69, 9.17) is 0 Å². The third kappa shape index (κ3) is 7.02. The largest absolute Gasteiger partial charge is 0.352 e. The highest BCUT2D eigenvalue weighted by molar-refractivity contribution is 5.81. The molecule has 1 atom stereocenters. The van der Waals surface area contributed by atoms with E-state index in [1.807, 2.05) is 25.7 Å². The van der Waals surface area contributed by atoms with Crippen LogP contribution in [0.15, 0.2) is 30.3 Å².